The van der Waals surface area contributed by atoms with E-state index in [2.05, 4.69) is 20.8 Å². The van der Waals surface area contributed by atoms with Crippen molar-refractivity contribution in [3.05, 3.63) is 24.3 Å². The van der Waals surface area contributed by atoms with Crippen LogP contribution in [-0.4, -0.2) is 53.9 Å². The second kappa shape index (κ2) is 10.1. The number of nitrogens with one attached hydrogen (secondary N) is 2. The first-order valence-electron chi connectivity index (χ1n) is 8.79. The number of benzene rings is 1. The number of thioether (sulfide) groups is 1. The molecule has 2 heterocycles. The molecule has 12 heteroatoms. The highest BCUT2D eigenvalue weighted by molar-refractivity contribution is 8.01. The molecule has 1 aromatic carbocycles. The van der Waals surface area contributed by atoms with Gasteiger partial charge in [-0.15, -0.1) is 10.2 Å². The number of hydrogen-bond donors (Lipinski definition) is 2. The van der Waals surface area contributed by atoms with Crippen molar-refractivity contribution < 1.29 is 27.4 Å². The summed E-state index contributed by atoms with van der Waals surface area (Å²) in [4.78, 5) is 12.2. The molecule has 0 saturated carbocycles. The SMILES string of the molecule is O=C(CSc1nnc(NC[C@H]2CCCO2)s1)Nc1ccccc1OCC(F)(F)F. The van der Waals surface area contributed by atoms with Crippen LogP contribution >= 0.6 is 23.1 Å². The number of ether oxygens (including phenoxy) is 2. The van der Waals surface area contributed by atoms with Crippen LogP contribution in [0.3, 0.4) is 0 Å². The Balaban J connectivity index is 1.45. The van der Waals surface area contributed by atoms with Crippen LogP contribution in [0.2, 0.25) is 0 Å². The second-order valence-corrected chi connectivity index (χ2v) is 8.33. The molecule has 1 saturated heterocycles. The lowest BCUT2D eigenvalue weighted by Gasteiger charge is -2.13. The smallest absolute Gasteiger partial charge is 0.422 e. The van der Waals surface area contributed by atoms with Gasteiger partial charge < -0.3 is 20.1 Å². The van der Waals surface area contributed by atoms with E-state index in [-0.39, 0.29) is 29.2 Å². The van der Waals surface area contributed by atoms with E-state index >= 15 is 0 Å². The Morgan fingerprint density at radius 2 is 2.17 bits per heavy atom. The zero-order valence-corrected chi connectivity index (χ0v) is 16.8. The molecule has 0 unspecified atom stereocenters. The minimum Gasteiger partial charge on any atom is -0.482 e. The van der Waals surface area contributed by atoms with Crippen molar-refractivity contribution in [1.29, 1.82) is 0 Å². The number of carbonyl (C=O) groups is 1. The minimum absolute atomic E-state index is 0.0357. The average Bonchev–Trinajstić information content (AvgIpc) is 3.35. The maximum atomic E-state index is 12.3. The lowest BCUT2D eigenvalue weighted by molar-refractivity contribution is -0.153. The van der Waals surface area contributed by atoms with Gasteiger partial charge in [0.1, 0.15) is 5.75 Å². The molecule has 0 bridgehead atoms. The van der Waals surface area contributed by atoms with E-state index in [9.17, 15) is 18.0 Å². The van der Waals surface area contributed by atoms with Gasteiger partial charge in [-0.3, -0.25) is 4.79 Å². The topological polar surface area (TPSA) is 85.4 Å². The van der Waals surface area contributed by atoms with Crippen LogP contribution in [0.4, 0.5) is 24.0 Å². The highest BCUT2D eigenvalue weighted by Crippen LogP contribution is 2.28. The third-order valence-corrected chi connectivity index (χ3v) is 5.80. The summed E-state index contributed by atoms with van der Waals surface area (Å²) in [5.74, 6) is -0.393. The van der Waals surface area contributed by atoms with Gasteiger partial charge in [-0.25, -0.2) is 0 Å². The van der Waals surface area contributed by atoms with E-state index in [1.165, 1.54) is 41.3 Å². The van der Waals surface area contributed by atoms with Crippen LogP contribution in [0.1, 0.15) is 12.8 Å². The van der Waals surface area contributed by atoms with Crippen molar-refractivity contribution in [2.24, 2.45) is 0 Å². The van der Waals surface area contributed by atoms with Gasteiger partial charge in [-0.1, -0.05) is 35.2 Å². The van der Waals surface area contributed by atoms with E-state index in [0.29, 0.717) is 16.0 Å². The Morgan fingerprint density at radius 3 is 2.93 bits per heavy atom. The molecule has 2 aromatic rings. The number of nitrogens with zero attached hydrogens (tertiary/aromatic N) is 2. The van der Waals surface area contributed by atoms with Gasteiger partial charge in [0.15, 0.2) is 10.9 Å². The van der Waals surface area contributed by atoms with Gasteiger partial charge in [0, 0.05) is 13.2 Å². The summed E-state index contributed by atoms with van der Waals surface area (Å²) in [5.41, 5.74) is 0.179. The maximum absolute atomic E-state index is 12.3. The largest absolute Gasteiger partial charge is 0.482 e. The van der Waals surface area contributed by atoms with Crippen molar-refractivity contribution in [3.8, 4) is 5.75 Å². The van der Waals surface area contributed by atoms with Crippen LogP contribution in [0.25, 0.3) is 0 Å². The highest BCUT2D eigenvalue weighted by Gasteiger charge is 2.29. The number of rotatable bonds is 9. The summed E-state index contributed by atoms with van der Waals surface area (Å²) < 4.78 is 47.9. The molecule has 0 radical (unpaired) electrons. The Hall–Kier alpha value is -2.05. The molecule has 1 fully saturated rings. The van der Waals surface area contributed by atoms with Gasteiger partial charge in [0.2, 0.25) is 11.0 Å². The maximum Gasteiger partial charge on any atom is 0.422 e. The number of alkyl halides is 3. The summed E-state index contributed by atoms with van der Waals surface area (Å²) in [6.07, 6.45) is -2.20. The third-order valence-electron chi connectivity index (χ3n) is 3.79. The van der Waals surface area contributed by atoms with Gasteiger partial charge in [0.25, 0.3) is 0 Å². The quantitative estimate of drug-likeness (QED) is 0.565. The first-order valence-corrected chi connectivity index (χ1v) is 10.6. The summed E-state index contributed by atoms with van der Waals surface area (Å²) in [6.45, 7) is 0.0125. The highest BCUT2D eigenvalue weighted by atomic mass is 32.2. The molecule has 7 nitrogen and oxygen atoms in total. The lowest BCUT2D eigenvalue weighted by Crippen LogP contribution is -2.20. The molecule has 1 aromatic heterocycles. The van der Waals surface area contributed by atoms with E-state index < -0.39 is 12.8 Å². The fourth-order valence-corrected chi connectivity index (χ4v) is 4.07. The standard InChI is InChI=1S/C17H19F3N4O3S2/c18-17(19,20)10-27-13-6-2-1-5-12(13)22-14(25)9-28-16-24-23-15(29-16)21-8-11-4-3-7-26-11/h1-2,5-6,11H,3-4,7-10H2,(H,21,23)(H,22,25)/t11-/m1/s1. The Morgan fingerprint density at radius 1 is 1.34 bits per heavy atom. The molecule has 1 amide bonds. The average molecular weight is 448 g/mol. The minimum atomic E-state index is -4.46. The normalized spacial score (nSPS) is 16.6. The number of amides is 1. The predicted molar refractivity (Wildman–Crippen MR) is 105 cm³/mol. The molecule has 1 aliphatic heterocycles. The summed E-state index contributed by atoms with van der Waals surface area (Å²) in [5, 5.41) is 14.4. The second-order valence-electron chi connectivity index (χ2n) is 6.13. The number of aromatic nitrogens is 2. The molecular formula is C17H19F3N4O3S2. The molecule has 2 N–H and O–H groups in total. The van der Waals surface area contributed by atoms with Crippen molar-refractivity contribution in [2.45, 2.75) is 29.5 Å². The van der Waals surface area contributed by atoms with Crippen molar-refractivity contribution in [1.82, 2.24) is 10.2 Å². The zero-order valence-electron chi connectivity index (χ0n) is 15.2. The van der Waals surface area contributed by atoms with Crippen LogP contribution in [-0.2, 0) is 9.53 Å². The van der Waals surface area contributed by atoms with Crippen molar-refractivity contribution >= 4 is 39.8 Å². The molecular weight excluding hydrogens is 429 g/mol. The lowest BCUT2D eigenvalue weighted by atomic mass is 10.2. The van der Waals surface area contributed by atoms with Crippen LogP contribution in [0.15, 0.2) is 28.6 Å². The summed E-state index contributed by atoms with van der Waals surface area (Å²) in [6, 6.07) is 5.97. The van der Waals surface area contributed by atoms with Gasteiger partial charge in [-0.05, 0) is 25.0 Å². The van der Waals surface area contributed by atoms with Gasteiger partial charge in [-0.2, -0.15) is 13.2 Å². The fourth-order valence-electron chi connectivity index (χ4n) is 2.51. The number of anilines is 2. The number of carbonyl (C=O) groups excluding carboxylic acids is 1. The van der Waals surface area contributed by atoms with Crippen molar-refractivity contribution in [3.63, 3.8) is 0 Å². The van der Waals surface area contributed by atoms with E-state index in [1.807, 2.05) is 0 Å². The molecule has 158 valence electrons. The van der Waals surface area contributed by atoms with Crippen molar-refractivity contribution in [2.75, 3.05) is 36.1 Å². The van der Waals surface area contributed by atoms with E-state index in [4.69, 9.17) is 9.47 Å². The van der Waals surface area contributed by atoms with Crippen LogP contribution in [0.5, 0.6) is 5.75 Å². The van der Waals surface area contributed by atoms with Gasteiger partial charge >= 0.3 is 6.18 Å². The van der Waals surface area contributed by atoms with E-state index in [0.717, 1.165) is 19.4 Å². The molecule has 3 rings (SSSR count). The summed E-state index contributed by atoms with van der Waals surface area (Å²) >= 11 is 2.51. The fraction of sp³-hybridized carbons (Fsp3) is 0.471. The van der Waals surface area contributed by atoms with Crippen LogP contribution in [0, 0.1) is 0 Å². The Kier molecular flexibility index (Phi) is 7.56. The Labute approximate surface area is 173 Å². The third kappa shape index (κ3) is 7.37. The molecule has 1 aliphatic rings. The number of para-hydroxylation sites is 2. The van der Waals surface area contributed by atoms with E-state index in [1.54, 1.807) is 6.07 Å². The van der Waals surface area contributed by atoms with Crippen LogP contribution < -0.4 is 15.4 Å². The molecule has 0 spiro atoms. The molecule has 0 aliphatic carbocycles. The monoisotopic (exact) mass is 448 g/mol. The number of hydrogen-bond acceptors (Lipinski definition) is 8. The first-order chi connectivity index (χ1) is 13.9. The molecule has 29 heavy (non-hydrogen) atoms. The molecule has 1 atom stereocenters. The Bertz CT molecular complexity index is 813. The number of halogens is 3. The zero-order chi connectivity index (χ0) is 20.7. The first kappa shape index (κ1) is 21.7. The van der Waals surface area contributed by atoms with Gasteiger partial charge in [0.05, 0.1) is 17.5 Å². The summed E-state index contributed by atoms with van der Waals surface area (Å²) in [7, 11) is 0. The predicted octanol–water partition coefficient (Wildman–Crippen LogP) is 3.80.